The van der Waals surface area contributed by atoms with Crippen LogP contribution in [-0.2, 0) is 15.1 Å². The van der Waals surface area contributed by atoms with Crippen LogP contribution in [0, 0.1) is 0 Å². The van der Waals surface area contributed by atoms with E-state index in [1.165, 1.54) is 0 Å². The molecule has 0 bridgehead atoms. The summed E-state index contributed by atoms with van der Waals surface area (Å²) in [4.78, 5) is 12.2. The van der Waals surface area contributed by atoms with Crippen LogP contribution in [-0.4, -0.2) is 31.7 Å². The van der Waals surface area contributed by atoms with Gasteiger partial charge in [0.25, 0.3) is 5.91 Å². The Kier molecular flexibility index (Phi) is 3.48. The van der Waals surface area contributed by atoms with Gasteiger partial charge in [0, 0.05) is 18.1 Å². The van der Waals surface area contributed by atoms with Crippen LogP contribution in [0.1, 0.15) is 18.4 Å². The Morgan fingerprint density at radius 1 is 1.37 bits per heavy atom. The molecule has 0 aromatic heterocycles. The second-order valence-electron chi connectivity index (χ2n) is 5.14. The molecule has 1 heterocycles. The fourth-order valence-corrected chi connectivity index (χ4v) is 2.56. The van der Waals surface area contributed by atoms with E-state index in [-0.39, 0.29) is 17.6 Å². The molecule has 2 aliphatic rings. The Morgan fingerprint density at radius 2 is 2.11 bits per heavy atom. The molecular formula is C14H17ClN2O2. The van der Waals surface area contributed by atoms with Crippen LogP contribution in [0.2, 0.25) is 5.02 Å². The highest BCUT2D eigenvalue weighted by Crippen LogP contribution is 2.45. The molecule has 19 heavy (non-hydrogen) atoms. The lowest BCUT2D eigenvalue weighted by Crippen LogP contribution is -2.50. The molecule has 3 rings (SSSR count). The fraction of sp³-hybridized carbons (Fsp3) is 0.500. The van der Waals surface area contributed by atoms with Crippen LogP contribution in [0.4, 0.5) is 0 Å². The molecule has 2 fully saturated rings. The monoisotopic (exact) mass is 280 g/mol. The predicted octanol–water partition coefficient (Wildman–Crippen LogP) is 1.43. The molecular weight excluding hydrogens is 264 g/mol. The Bertz CT molecular complexity index is 465. The van der Waals surface area contributed by atoms with Gasteiger partial charge in [-0.25, -0.2) is 0 Å². The number of benzene rings is 1. The molecule has 1 saturated carbocycles. The Labute approximate surface area is 117 Å². The van der Waals surface area contributed by atoms with Crippen LogP contribution in [0.3, 0.4) is 0 Å². The number of carbonyl (C=O) groups is 1. The lowest BCUT2D eigenvalue weighted by atomic mass is 10.0. The number of hydrogen-bond donors (Lipinski definition) is 2. The van der Waals surface area contributed by atoms with Gasteiger partial charge in [-0.3, -0.25) is 4.79 Å². The maximum atomic E-state index is 12.2. The average molecular weight is 281 g/mol. The Balaban J connectivity index is 1.68. The highest BCUT2D eigenvalue weighted by Gasteiger charge is 2.46. The summed E-state index contributed by atoms with van der Waals surface area (Å²) in [6.45, 7) is 1.99. The van der Waals surface area contributed by atoms with E-state index in [0.717, 1.165) is 24.9 Å². The van der Waals surface area contributed by atoms with Gasteiger partial charge < -0.3 is 15.4 Å². The number of halogens is 1. The number of nitrogens with one attached hydrogen (secondary N) is 2. The summed E-state index contributed by atoms with van der Waals surface area (Å²) in [6, 6.07) is 7.69. The van der Waals surface area contributed by atoms with Gasteiger partial charge >= 0.3 is 0 Å². The molecule has 1 aromatic carbocycles. The van der Waals surface area contributed by atoms with Crippen molar-refractivity contribution in [3.8, 4) is 0 Å². The van der Waals surface area contributed by atoms with Gasteiger partial charge in [0.15, 0.2) is 0 Å². The van der Waals surface area contributed by atoms with Crippen molar-refractivity contribution in [2.45, 2.75) is 24.5 Å². The Morgan fingerprint density at radius 3 is 2.68 bits per heavy atom. The minimum absolute atomic E-state index is 0.0281. The van der Waals surface area contributed by atoms with E-state index >= 15 is 0 Å². The van der Waals surface area contributed by atoms with Crippen molar-refractivity contribution in [1.82, 2.24) is 10.6 Å². The molecule has 1 aromatic rings. The molecule has 5 heteroatoms. The van der Waals surface area contributed by atoms with Crippen molar-refractivity contribution in [2.24, 2.45) is 0 Å². The van der Waals surface area contributed by atoms with Gasteiger partial charge in [-0.15, -0.1) is 0 Å². The van der Waals surface area contributed by atoms with E-state index in [2.05, 4.69) is 10.6 Å². The maximum absolute atomic E-state index is 12.2. The average Bonchev–Trinajstić information content (AvgIpc) is 3.21. The van der Waals surface area contributed by atoms with E-state index in [9.17, 15) is 4.79 Å². The molecule has 0 spiro atoms. The normalized spacial score (nSPS) is 24.8. The van der Waals surface area contributed by atoms with Crippen molar-refractivity contribution >= 4 is 17.5 Å². The van der Waals surface area contributed by atoms with E-state index < -0.39 is 0 Å². The van der Waals surface area contributed by atoms with Crippen molar-refractivity contribution in [1.29, 1.82) is 0 Å². The molecule has 1 aliphatic heterocycles. The van der Waals surface area contributed by atoms with Gasteiger partial charge in [-0.05, 0) is 30.5 Å². The molecule has 4 nitrogen and oxygen atoms in total. The molecule has 0 unspecified atom stereocenters. The molecule has 102 valence electrons. The van der Waals surface area contributed by atoms with E-state index in [0.29, 0.717) is 18.2 Å². The minimum Gasteiger partial charge on any atom is -0.366 e. The first-order valence-electron chi connectivity index (χ1n) is 6.60. The van der Waals surface area contributed by atoms with Crippen LogP contribution < -0.4 is 10.6 Å². The zero-order chi connectivity index (χ0) is 13.3. The molecule has 1 amide bonds. The van der Waals surface area contributed by atoms with Crippen LogP contribution >= 0.6 is 11.6 Å². The third-order valence-corrected chi connectivity index (χ3v) is 3.98. The van der Waals surface area contributed by atoms with Gasteiger partial charge in [0.05, 0.1) is 12.1 Å². The first kappa shape index (κ1) is 12.9. The largest absolute Gasteiger partial charge is 0.366 e. The quantitative estimate of drug-likeness (QED) is 0.881. The van der Waals surface area contributed by atoms with Gasteiger partial charge in [-0.1, -0.05) is 23.7 Å². The summed E-state index contributed by atoms with van der Waals surface area (Å²) in [7, 11) is 0. The lowest BCUT2D eigenvalue weighted by molar-refractivity contribution is -0.135. The SMILES string of the molecule is O=C(NC1(c2ccc(Cl)cc2)CC1)[C@H]1CNCCO1. The summed E-state index contributed by atoms with van der Waals surface area (Å²) < 4.78 is 5.47. The Hall–Kier alpha value is -1.10. The summed E-state index contributed by atoms with van der Waals surface area (Å²) >= 11 is 5.89. The second-order valence-corrected chi connectivity index (χ2v) is 5.58. The first-order chi connectivity index (χ1) is 9.20. The summed E-state index contributed by atoms with van der Waals surface area (Å²) in [5.74, 6) is -0.0281. The number of carbonyl (C=O) groups excluding carboxylic acids is 1. The second kappa shape index (κ2) is 5.12. The smallest absolute Gasteiger partial charge is 0.251 e. The third kappa shape index (κ3) is 2.76. The number of hydrogen-bond acceptors (Lipinski definition) is 3. The number of morpholine rings is 1. The van der Waals surface area contributed by atoms with Gasteiger partial charge in [0.1, 0.15) is 6.10 Å². The van der Waals surface area contributed by atoms with E-state index in [1.807, 2.05) is 24.3 Å². The number of amides is 1. The predicted molar refractivity (Wildman–Crippen MR) is 73.1 cm³/mol. The zero-order valence-electron chi connectivity index (χ0n) is 10.6. The van der Waals surface area contributed by atoms with Crippen LogP contribution in [0.25, 0.3) is 0 Å². The maximum Gasteiger partial charge on any atom is 0.251 e. The fourth-order valence-electron chi connectivity index (χ4n) is 2.43. The minimum atomic E-state index is -0.376. The van der Waals surface area contributed by atoms with E-state index in [4.69, 9.17) is 16.3 Å². The van der Waals surface area contributed by atoms with Crippen molar-refractivity contribution < 1.29 is 9.53 Å². The summed E-state index contributed by atoms with van der Waals surface area (Å²) in [6.07, 6.45) is 1.57. The molecule has 1 saturated heterocycles. The van der Waals surface area contributed by atoms with Crippen molar-refractivity contribution in [3.63, 3.8) is 0 Å². The molecule has 1 aliphatic carbocycles. The standard InChI is InChI=1S/C14H17ClN2O2/c15-11-3-1-10(2-4-11)14(5-6-14)17-13(18)12-9-16-7-8-19-12/h1-4,12,16H,5-9H2,(H,17,18)/t12-/m1/s1. The van der Waals surface area contributed by atoms with Crippen molar-refractivity contribution in [2.75, 3.05) is 19.7 Å². The molecule has 2 N–H and O–H groups in total. The molecule has 1 atom stereocenters. The number of ether oxygens (including phenoxy) is 1. The summed E-state index contributed by atoms with van der Waals surface area (Å²) in [5, 5.41) is 7.01. The molecule has 0 radical (unpaired) electrons. The third-order valence-electron chi connectivity index (χ3n) is 3.73. The van der Waals surface area contributed by atoms with Crippen LogP contribution in [0.15, 0.2) is 24.3 Å². The van der Waals surface area contributed by atoms with Gasteiger partial charge in [0.2, 0.25) is 0 Å². The zero-order valence-corrected chi connectivity index (χ0v) is 11.4. The van der Waals surface area contributed by atoms with Crippen LogP contribution in [0.5, 0.6) is 0 Å². The first-order valence-corrected chi connectivity index (χ1v) is 6.98. The topological polar surface area (TPSA) is 50.4 Å². The summed E-state index contributed by atoms with van der Waals surface area (Å²) in [5.41, 5.74) is 0.914. The van der Waals surface area contributed by atoms with Crippen molar-refractivity contribution in [3.05, 3.63) is 34.9 Å². The number of rotatable bonds is 3. The highest BCUT2D eigenvalue weighted by atomic mass is 35.5. The van der Waals surface area contributed by atoms with Gasteiger partial charge in [-0.2, -0.15) is 0 Å². The lowest BCUT2D eigenvalue weighted by Gasteiger charge is -2.26. The highest BCUT2D eigenvalue weighted by molar-refractivity contribution is 6.30. The van der Waals surface area contributed by atoms with E-state index in [1.54, 1.807) is 0 Å².